The Labute approximate surface area is 125 Å². The van der Waals surface area contributed by atoms with Crippen LogP contribution >= 0.6 is 0 Å². The number of aliphatic hydroxyl groups is 3. The number of carbonyl (C=O) groups excluding carboxylic acids is 1. The van der Waals surface area contributed by atoms with Crippen LogP contribution in [0, 0.1) is 5.92 Å². The summed E-state index contributed by atoms with van der Waals surface area (Å²) in [6.07, 6.45) is 1.03. The molecule has 0 radical (unpaired) electrons. The summed E-state index contributed by atoms with van der Waals surface area (Å²) in [5.41, 5.74) is -1.04. The molecule has 1 fully saturated rings. The zero-order chi connectivity index (χ0) is 15.8. The van der Waals surface area contributed by atoms with Crippen LogP contribution in [0.15, 0.2) is 11.6 Å². The second-order valence-electron chi connectivity index (χ2n) is 6.31. The number of hydrogen-bond acceptors (Lipinski definition) is 6. The molecular formula is C15H25NO5. The number of ether oxygens (including phenoxy) is 1. The van der Waals surface area contributed by atoms with Gasteiger partial charge in [0.1, 0.15) is 6.61 Å². The fourth-order valence-corrected chi connectivity index (χ4v) is 3.18. The molecule has 6 nitrogen and oxygen atoms in total. The highest BCUT2D eigenvalue weighted by molar-refractivity contribution is 5.80. The van der Waals surface area contributed by atoms with E-state index in [2.05, 4.69) is 4.90 Å². The van der Waals surface area contributed by atoms with Gasteiger partial charge in [0.05, 0.1) is 18.2 Å². The van der Waals surface area contributed by atoms with Gasteiger partial charge in [0.15, 0.2) is 5.60 Å². The molecule has 0 aromatic heterocycles. The first kappa shape index (κ1) is 16.4. The first-order valence-electron chi connectivity index (χ1n) is 7.47. The van der Waals surface area contributed by atoms with Gasteiger partial charge in [0.2, 0.25) is 0 Å². The Kier molecular flexibility index (Phi) is 4.72. The van der Waals surface area contributed by atoms with E-state index in [0.29, 0.717) is 0 Å². The van der Waals surface area contributed by atoms with Crippen molar-refractivity contribution in [3.63, 3.8) is 0 Å². The Hall–Kier alpha value is -0.950. The lowest BCUT2D eigenvalue weighted by molar-refractivity contribution is -0.183. The average Bonchev–Trinajstić information content (AvgIpc) is 2.98. The van der Waals surface area contributed by atoms with Crippen molar-refractivity contribution in [2.75, 3.05) is 19.7 Å². The second kappa shape index (κ2) is 6.04. The minimum absolute atomic E-state index is 0.0405. The molecule has 0 unspecified atom stereocenters. The summed E-state index contributed by atoms with van der Waals surface area (Å²) in [5.74, 6) is -1.28. The molecule has 2 aliphatic rings. The third-order valence-corrected chi connectivity index (χ3v) is 4.65. The lowest BCUT2D eigenvalue weighted by Crippen LogP contribution is -2.53. The van der Waals surface area contributed by atoms with Crippen LogP contribution in [0.5, 0.6) is 0 Å². The summed E-state index contributed by atoms with van der Waals surface area (Å²) < 4.78 is 5.22. The predicted molar refractivity (Wildman–Crippen MR) is 76.5 cm³/mol. The Morgan fingerprint density at radius 1 is 1.52 bits per heavy atom. The molecule has 2 rings (SSSR count). The number of nitrogens with zero attached hydrogens (tertiary/aromatic N) is 1. The van der Waals surface area contributed by atoms with Gasteiger partial charge in [-0.2, -0.15) is 0 Å². The Bertz CT molecular complexity index is 424. The number of aliphatic hydroxyl groups excluding tert-OH is 2. The monoisotopic (exact) mass is 299 g/mol. The predicted octanol–water partition coefficient (Wildman–Crippen LogP) is -0.327. The highest BCUT2D eigenvalue weighted by Crippen LogP contribution is 2.30. The van der Waals surface area contributed by atoms with Crippen LogP contribution in [0.25, 0.3) is 0 Å². The fourth-order valence-electron chi connectivity index (χ4n) is 3.18. The molecule has 2 aliphatic heterocycles. The van der Waals surface area contributed by atoms with Crippen molar-refractivity contribution in [1.82, 2.24) is 4.90 Å². The smallest absolute Gasteiger partial charge is 0.341 e. The van der Waals surface area contributed by atoms with E-state index < -0.39 is 29.7 Å². The van der Waals surface area contributed by atoms with E-state index in [0.717, 1.165) is 25.1 Å². The molecule has 3 N–H and O–H groups in total. The highest BCUT2D eigenvalue weighted by atomic mass is 16.6. The largest absolute Gasteiger partial charge is 0.459 e. The van der Waals surface area contributed by atoms with Gasteiger partial charge < -0.3 is 20.1 Å². The number of esters is 1. The van der Waals surface area contributed by atoms with Gasteiger partial charge in [-0.3, -0.25) is 4.90 Å². The number of fused-ring (bicyclic) bond motifs is 1. The minimum atomic E-state index is -1.91. The van der Waals surface area contributed by atoms with Crippen LogP contribution in [0.3, 0.4) is 0 Å². The molecular weight excluding hydrogens is 274 g/mol. The van der Waals surface area contributed by atoms with Gasteiger partial charge in [0, 0.05) is 13.1 Å². The first-order valence-corrected chi connectivity index (χ1v) is 7.47. The lowest BCUT2D eigenvalue weighted by atomic mass is 9.85. The maximum atomic E-state index is 12.1. The molecule has 120 valence electrons. The Morgan fingerprint density at radius 2 is 2.19 bits per heavy atom. The van der Waals surface area contributed by atoms with E-state index in [-0.39, 0.29) is 12.6 Å². The van der Waals surface area contributed by atoms with Crippen molar-refractivity contribution in [2.24, 2.45) is 5.92 Å². The SMILES string of the molecule is CC(C)[C@@](O)(C(=O)OCC1=CCN2CC[C@@H](O)[C@@H]12)[C@@H](C)O. The van der Waals surface area contributed by atoms with Crippen LogP contribution in [-0.4, -0.2) is 69.7 Å². The van der Waals surface area contributed by atoms with Crippen LogP contribution < -0.4 is 0 Å². The molecule has 0 bridgehead atoms. The van der Waals surface area contributed by atoms with Crippen LogP contribution in [-0.2, 0) is 9.53 Å². The van der Waals surface area contributed by atoms with Crippen LogP contribution in [0.1, 0.15) is 27.2 Å². The van der Waals surface area contributed by atoms with Gasteiger partial charge in [-0.25, -0.2) is 4.79 Å². The van der Waals surface area contributed by atoms with E-state index in [1.165, 1.54) is 6.92 Å². The van der Waals surface area contributed by atoms with E-state index in [1.807, 2.05) is 6.08 Å². The molecule has 4 atom stereocenters. The van der Waals surface area contributed by atoms with E-state index >= 15 is 0 Å². The summed E-state index contributed by atoms with van der Waals surface area (Å²) in [5, 5.41) is 30.0. The number of hydrogen-bond donors (Lipinski definition) is 3. The van der Waals surface area contributed by atoms with Crippen molar-refractivity contribution in [3.05, 3.63) is 11.6 Å². The molecule has 0 saturated carbocycles. The summed E-state index contributed by atoms with van der Waals surface area (Å²) in [6.45, 7) is 6.32. The van der Waals surface area contributed by atoms with Gasteiger partial charge in [-0.05, 0) is 24.8 Å². The zero-order valence-corrected chi connectivity index (χ0v) is 12.8. The molecule has 0 aliphatic carbocycles. The Balaban J connectivity index is 1.98. The number of rotatable bonds is 5. The van der Waals surface area contributed by atoms with E-state index in [9.17, 15) is 20.1 Å². The summed E-state index contributed by atoms with van der Waals surface area (Å²) in [4.78, 5) is 14.3. The third-order valence-electron chi connectivity index (χ3n) is 4.65. The first-order chi connectivity index (χ1) is 9.78. The summed E-state index contributed by atoms with van der Waals surface area (Å²) in [7, 11) is 0. The molecule has 0 aromatic rings. The molecule has 21 heavy (non-hydrogen) atoms. The van der Waals surface area contributed by atoms with Gasteiger partial charge in [-0.15, -0.1) is 0 Å². The lowest BCUT2D eigenvalue weighted by Gasteiger charge is -2.32. The number of carbonyl (C=O) groups is 1. The molecule has 6 heteroatoms. The quantitative estimate of drug-likeness (QED) is 0.476. The van der Waals surface area contributed by atoms with Crippen molar-refractivity contribution < 1.29 is 24.9 Å². The second-order valence-corrected chi connectivity index (χ2v) is 6.31. The summed E-state index contributed by atoms with van der Waals surface area (Å²) in [6, 6.07) is -0.0866. The van der Waals surface area contributed by atoms with Crippen molar-refractivity contribution >= 4 is 5.97 Å². The molecule has 0 amide bonds. The Morgan fingerprint density at radius 3 is 2.76 bits per heavy atom. The van der Waals surface area contributed by atoms with Gasteiger partial charge in [-0.1, -0.05) is 19.9 Å². The minimum Gasteiger partial charge on any atom is -0.459 e. The molecule has 0 aromatic carbocycles. The topological polar surface area (TPSA) is 90.2 Å². The maximum absolute atomic E-state index is 12.1. The van der Waals surface area contributed by atoms with E-state index in [1.54, 1.807) is 13.8 Å². The van der Waals surface area contributed by atoms with Crippen molar-refractivity contribution in [1.29, 1.82) is 0 Å². The molecule has 0 spiro atoms. The normalized spacial score (nSPS) is 30.0. The van der Waals surface area contributed by atoms with Crippen LogP contribution in [0.2, 0.25) is 0 Å². The van der Waals surface area contributed by atoms with Gasteiger partial charge >= 0.3 is 5.97 Å². The van der Waals surface area contributed by atoms with E-state index in [4.69, 9.17) is 4.74 Å². The maximum Gasteiger partial charge on any atom is 0.341 e. The average molecular weight is 299 g/mol. The zero-order valence-electron chi connectivity index (χ0n) is 12.8. The fraction of sp³-hybridized carbons (Fsp3) is 0.800. The molecule has 1 saturated heterocycles. The van der Waals surface area contributed by atoms with Crippen molar-refractivity contribution in [3.8, 4) is 0 Å². The van der Waals surface area contributed by atoms with Crippen LogP contribution in [0.4, 0.5) is 0 Å². The standard InChI is InChI=1S/C15H25NO5/c1-9(2)15(20,10(3)17)14(19)21-8-11-4-6-16-7-5-12(18)13(11)16/h4,9-10,12-13,17-18,20H,5-8H2,1-3H3/t10-,12-,13-,15+/m1/s1. The van der Waals surface area contributed by atoms with Gasteiger partial charge in [0.25, 0.3) is 0 Å². The third kappa shape index (κ3) is 2.85. The highest BCUT2D eigenvalue weighted by Gasteiger charge is 2.46. The van der Waals surface area contributed by atoms with Crippen molar-refractivity contribution in [2.45, 2.75) is 51.0 Å². The summed E-state index contributed by atoms with van der Waals surface area (Å²) >= 11 is 0. The molecule has 2 heterocycles.